The van der Waals surface area contributed by atoms with Gasteiger partial charge in [0.25, 0.3) is 5.91 Å². The molecule has 2 heterocycles. The molecule has 6 nitrogen and oxygen atoms in total. The van der Waals surface area contributed by atoms with Gasteiger partial charge in [-0.05, 0) is 56.3 Å². The molecule has 2 aliphatic rings. The molecule has 1 fully saturated rings. The molecule has 0 aromatic heterocycles. The summed E-state index contributed by atoms with van der Waals surface area (Å²) < 4.78 is 10.8. The molecule has 1 amide bonds. The van der Waals surface area contributed by atoms with Crippen LogP contribution >= 0.6 is 0 Å². The average molecular weight is 407 g/mol. The first-order chi connectivity index (χ1) is 14.4. The summed E-state index contributed by atoms with van der Waals surface area (Å²) in [5, 5.41) is 9.70. The standard InChI is InChI=1S/C24H26N2O4/c1-24(2,28)10-9-18-3-6-20(7-4-18)23(27)26-13-11-25(12-14-26)16-19-5-8-21-22(15-19)30-17-29-21/h3-8,15,28H,11-14,16-17H2,1-2H3/p+1. The van der Waals surface area contributed by atoms with Crippen molar-refractivity contribution in [3.05, 3.63) is 59.2 Å². The van der Waals surface area contributed by atoms with Crippen molar-refractivity contribution >= 4 is 5.91 Å². The highest BCUT2D eigenvalue weighted by molar-refractivity contribution is 5.94. The molecule has 0 saturated carbocycles. The number of hydrogen-bond donors (Lipinski definition) is 2. The van der Waals surface area contributed by atoms with Crippen molar-refractivity contribution < 1.29 is 24.3 Å². The number of rotatable bonds is 3. The first kappa shape index (κ1) is 20.3. The zero-order chi connectivity index (χ0) is 21.1. The molecule has 0 bridgehead atoms. The van der Waals surface area contributed by atoms with E-state index in [9.17, 15) is 9.90 Å². The van der Waals surface area contributed by atoms with Crippen LogP contribution in [0.3, 0.4) is 0 Å². The predicted molar refractivity (Wildman–Crippen MR) is 112 cm³/mol. The lowest BCUT2D eigenvalue weighted by atomic mass is 10.1. The van der Waals surface area contributed by atoms with E-state index < -0.39 is 5.60 Å². The van der Waals surface area contributed by atoms with Crippen LogP contribution < -0.4 is 14.4 Å². The summed E-state index contributed by atoms with van der Waals surface area (Å²) in [7, 11) is 0. The van der Waals surface area contributed by atoms with Crippen LogP contribution in [0, 0.1) is 11.8 Å². The third kappa shape index (κ3) is 4.93. The van der Waals surface area contributed by atoms with E-state index in [0.717, 1.165) is 49.8 Å². The average Bonchev–Trinajstić information content (AvgIpc) is 3.20. The fraction of sp³-hybridized carbons (Fsp3) is 0.375. The monoisotopic (exact) mass is 407 g/mol. The Morgan fingerprint density at radius 2 is 1.80 bits per heavy atom. The molecule has 2 N–H and O–H groups in total. The summed E-state index contributed by atoms with van der Waals surface area (Å²) in [6.45, 7) is 7.79. The molecule has 2 aliphatic heterocycles. The van der Waals surface area contributed by atoms with Crippen molar-refractivity contribution in [1.82, 2.24) is 4.90 Å². The van der Waals surface area contributed by atoms with Crippen molar-refractivity contribution in [2.45, 2.75) is 26.0 Å². The summed E-state index contributed by atoms with van der Waals surface area (Å²) in [6.07, 6.45) is 0. The highest BCUT2D eigenvalue weighted by Crippen LogP contribution is 2.32. The maximum Gasteiger partial charge on any atom is 0.254 e. The van der Waals surface area contributed by atoms with E-state index in [4.69, 9.17) is 9.47 Å². The third-order valence-corrected chi connectivity index (χ3v) is 5.29. The summed E-state index contributed by atoms with van der Waals surface area (Å²) in [4.78, 5) is 16.2. The van der Waals surface area contributed by atoms with E-state index in [1.165, 1.54) is 10.5 Å². The van der Waals surface area contributed by atoms with Crippen LogP contribution in [0.2, 0.25) is 0 Å². The Kier molecular flexibility index (Phi) is 5.67. The topological polar surface area (TPSA) is 63.4 Å². The van der Waals surface area contributed by atoms with Gasteiger partial charge in [-0.1, -0.05) is 11.8 Å². The molecule has 4 rings (SSSR count). The normalized spacial score (nSPS) is 16.2. The lowest BCUT2D eigenvalue weighted by molar-refractivity contribution is -0.917. The lowest BCUT2D eigenvalue weighted by Gasteiger charge is -2.32. The lowest BCUT2D eigenvalue weighted by Crippen LogP contribution is -3.13. The molecule has 156 valence electrons. The van der Waals surface area contributed by atoms with Crippen LogP contribution in [0.5, 0.6) is 11.5 Å². The van der Waals surface area contributed by atoms with Crippen molar-refractivity contribution in [3.63, 3.8) is 0 Å². The fourth-order valence-electron chi connectivity index (χ4n) is 3.65. The minimum absolute atomic E-state index is 0.0547. The molecular weight excluding hydrogens is 380 g/mol. The number of quaternary nitrogens is 1. The second-order valence-corrected chi connectivity index (χ2v) is 8.29. The van der Waals surface area contributed by atoms with Crippen LogP contribution in [-0.2, 0) is 6.54 Å². The van der Waals surface area contributed by atoms with E-state index in [-0.39, 0.29) is 5.91 Å². The number of benzene rings is 2. The Morgan fingerprint density at radius 3 is 2.50 bits per heavy atom. The number of piperazine rings is 1. The Bertz CT molecular complexity index is 975. The van der Waals surface area contributed by atoms with E-state index in [0.29, 0.717) is 12.4 Å². The van der Waals surface area contributed by atoms with Crippen molar-refractivity contribution in [1.29, 1.82) is 0 Å². The number of ether oxygens (including phenoxy) is 2. The van der Waals surface area contributed by atoms with Gasteiger partial charge in [0.15, 0.2) is 11.5 Å². The van der Waals surface area contributed by atoms with E-state index in [2.05, 4.69) is 24.0 Å². The molecule has 1 saturated heterocycles. The highest BCUT2D eigenvalue weighted by atomic mass is 16.7. The highest BCUT2D eigenvalue weighted by Gasteiger charge is 2.25. The maximum absolute atomic E-state index is 12.8. The van der Waals surface area contributed by atoms with Gasteiger partial charge >= 0.3 is 0 Å². The number of hydrogen-bond acceptors (Lipinski definition) is 4. The van der Waals surface area contributed by atoms with Crippen LogP contribution in [0.1, 0.15) is 35.3 Å². The minimum Gasteiger partial charge on any atom is -0.454 e. The summed E-state index contributed by atoms with van der Waals surface area (Å²) >= 11 is 0. The van der Waals surface area contributed by atoms with Crippen molar-refractivity contribution in [2.75, 3.05) is 33.0 Å². The van der Waals surface area contributed by atoms with Gasteiger partial charge < -0.3 is 24.4 Å². The van der Waals surface area contributed by atoms with E-state index in [1.807, 2.05) is 35.2 Å². The molecule has 0 aliphatic carbocycles. The van der Waals surface area contributed by atoms with Gasteiger partial charge in [-0.3, -0.25) is 4.79 Å². The van der Waals surface area contributed by atoms with Gasteiger partial charge in [-0.2, -0.15) is 0 Å². The second-order valence-electron chi connectivity index (χ2n) is 8.29. The van der Waals surface area contributed by atoms with Gasteiger partial charge in [0.05, 0.1) is 26.2 Å². The quantitative estimate of drug-likeness (QED) is 0.748. The molecule has 6 heteroatoms. The number of carbonyl (C=O) groups is 1. The number of nitrogens with one attached hydrogen (secondary N) is 1. The number of fused-ring (bicyclic) bond motifs is 1. The fourth-order valence-corrected chi connectivity index (χ4v) is 3.65. The molecule has 2 aromatic carbocycles. The smallest absolute Gasteiger partial charge is 0.254 e. The zero-order valence-corrected chi connectivity index (χ0v) is 17.4. The van der Waals surface area contributed by atoms with Crippen molar-refractivity contribution in [3.8, 4) is 23.3 Å². The van der Waals surface area contributed by atoms with Gasteiger partial charge in [-0.15, -0.1) is 0 Å². The largest absolute Gasteiger partial charge is 0.454 e. The number of amides is 1. The first-order valence-electron chi connectivity index (χ1n) is 10.2. The minimum atomic E-state index is -1.03. The Labute approximate surface area is 177 Å². The summed E-state index contributed by atoms with van der Waals surface area (Å²) in [5.41, 5.74) is 1.64. The molecular formula is C24H27N2O4+. The van der Waals surface area contributed by atoms with Crippen LogP contribution in [0.4, 0.5) is 0 Å². The molecule has 0 spiro atoms. The van der Waals surface area contributed by atoms with Gasteiger partial charge in [0.2, 0.25) is 6.79 Å². The van der Waals surface area contributed by atoms with Gasteiger partial charge in [0.1, 0.15) is 12.1 Å². The van der Waals surface area contributed by atoms with Crippen LogP contribution in [0.25, 0.3) is 0 Å². The first-order valence-corrected chi connectivity index (χ1v) is 10.2. The Balaban J connectivity index is 1.31. The van der Waals surface area contributed by atoms with E-state index >= 15 is 0 Å². The van der Waals surface area contributed by atoms with Crippen LogP contribution in [-0.4, -0.2) is 54.5 Å². The maximum atomic E-state index is 12.8. The SMILES string of the molecule is CC(C)(O)C#Cc1ccc(C(=O)N2CC[NH+](Cc3ccc4c(c3)OCO4)CC2)cc1. The Morgan fingerprint density at radius 1 is 1.10 bits per heavy atom. The number of nitrogens with zero attached hydrogens (tertiary/aromatic N) is 1. The van der Waals surface area contributed by atoms with E-state index in [1.54, 1.807) is 13.8 Å². The molecule has 0 atom stereocenters. The number of carbonyl (C=O) groups excluding carboxylic acids is 1. The molecule has 0 radical (unpaired) electrons. The molecule has 0 unspecified atom stereocenters. The van der Waals surface area contributed by atoms with Crippen LogP contribution in [0.15, 0.2) is 42.5 Å². The Hall–Kier alpha value is -3.01. The van der Waals surface area contributed by atoms with Crippen molar-refractivity contribution in [2.24, 2.45) is 0 Å². The predicted octanol–water partition coefficient (Wildman–Crippen LogP) is 1.08. The third-order valence-electron chi connectivity index (χ3n) is 5.29. The second kappa shape index (κ2) is 8.39. The van der Waals surface area contributed by atoms with Gasteiger partial charge in [0, 0.05) is 16.7 Å². The van der Waals surface area contributed by atoms with Gasteiger partial charge in [-0.25, -0.2) is 0 Å². The summed E-state index contributed by atoms with van der Waals surface area (Å²) in [6, 6.07) is 13.4. The number of aliphatic hydroxyl groups is 1. The molecule has 2 aromatic rings. The zero-order valence-electron chi connectivity index (χ0n) is 17.4. The molecule has 30 heavy (non-hydrogen) atoms. The summed E-state index contributed by atoms with van der Waals surface area (Å²) in [5.74, 6) is 7.39.